The van der Waals surface area contributed by atoms with Gasteiger partial charge in [-0.05, 0) is 49.4 Å². The van der Waals surface area contributed by atoms with E-state index >= 15 is 0 Å². The van der Waals surface area contributed by atoms with Crippen molar-refractivity contribution in [3.05, 3.63) is 39.7 Å². The van der Waals surface area contributed by atoms with Crippen LogP contribution < -0.4 is 15.7 Å². The first-order valence-electron chi connectivity index (χ1n) is 9.41. The van der Waals surface area contributed by atoms with Gasteiger partial charge in [0.25, 0.3) is 5.91 Å². The number of carboxylic acids is 1. The molecule has 7 nitrogen and oxygen atoms in total. The summed E-state index contributed by atoms with van der Waals surface area (Å²) >= 11 is 0. The summed E-state index contributed by atoms with van der Waals surface area (Å²) in [7, 11) is 0. The summed E-state index contributed by atoms with van der Waals surface area (Å²) in [5.74, 6) is -1.45. The fraction of sp³-hybridized carbons (Fsp3) is 0.476. The molecule has 2 aromatic rings. The molecule has 2 rings (SSSR count). The van der Waals surface area contributed by atoms with E-state index in [2.05, 4.69) is 5.32 Å². The van der Waals surface area contributed by atoms with Crippen molar-refractivity contribution in [2.45, 2.75) is 59.6 Å². The Morgan fingerprint density at radius 2 is 1.89 bits per heavy atom. The Morgan fingerprint density at radius 3 is 2.46 bits per heavy atom. The largest absolute Gasteiger partial charge is 0.480 e. The molecule has 0 aliphatic heterocycles. The minimum Gasteiger partial charge on any atom is -0.480 e. The van der Waals surface area contributed by atoms with Crippen molar-refractivity contribution in [2.75, 3.05) is 0 Å². The summed E-state index contributed by atoms with van der Waals surface area (Å²) in [6.07, 6.45) is 0.569. The molecule has 152 valence electrons. The Hall–Kier alpha value is -2.83. The Bertz CT molecular complexity index is 930. The van der Waals surface area contributed by atoms with Crippen LogP contribution in [0.15, 0.2) is 27.4 Å². The molecule has 0 saturated carbocycles. The Kier molecular flexibility index (Phi) is 6.83. The first-order valence-corrected chi connectivity index (χ1v) is 9.41. The van der Waals surface area contributed by atoms with Gasteiger partial charge in [0.05, 0.1) is 5.39 Å². The Labute approximate surface area is 163 Å². The van der Waals surface area contributed by atoms with Crippen LogP contribution in [-0.4, -0.2) is 29.1 Å². The number of aryl methyl sites for hydroxylation is 2. The van der Waals surface area contributed by atoms with E-state index in [9.17, 15) is 19.5 Å². The summed E-state index contributed by atoms with van der Waals surface area (Å²) in [6.45, 7) is 8.84. The monoisotopic (exact) mass is 389 g/mol. The average molecular weight is 389 g/mol. The normalized spacial score (nSPS) is 13.4. The molecule has 28 heavy (non-hydrogen) atoms. The summed E-state index contributed by atoms with van der Waals surface area (Å²) in [5, 5.41) is 12.4. The highest BCUT2D eigenvalue weighted by Crippen LogP contribution is 2.31. The molecule has 0 bridgehead atoms. The van der Waals surface area contributed by atoms with Gasteiger partial charge in [-0.15, -0.1) is 0 Å². The second kappa shape index (κ2) is 8.91. The standard InChI is InChI=1S/C21H27NO6/c1-6-7-14-10-17(23)28-16-9-12(4)8-15(18(14)16)27-13(5)20(24)22-19(11(2)3)21(25)26/h8-11,13,19H,6-7H2,1-5H3,(H,22,24)(H,25,26)/t13-,19+/m1/s1. The van der Waals surface area contributed by atoms with Crippen LogP contribution in [0.5, 0.6) is 5.75 Å². The highest BCUT2D eigenvalue weighted by atomic mass is 16.5. The minimum atomic E-state index is -1.09. The van der Waals surface area contributed by atoms with Gasteiger partial charge in [-0.2, -0.15) is 0 Å². The third-order valence-corrected chi connectivity index (χ3v) is 4.46. The molecule has 2 atom stereocenters. The number of ether oxygens (including phenoxy) is 1. The number of nitrogens with one attached hydrogen (secondary N) is 1. The van der Waals surface area contributed by atoms with Crippen LogP contribution in [0, 0.1) is 12.8 Å². The third kappa shape index (κ3) is 4.91. The number of fused-ring (bicyclic) bond motifs is 1. The quantitative estimate of drug-likeness (QED) is 0.672. The number of aliphatic carboxylic acids is 1. The van der Waals surface area contributed by atoms with Crippen LogP contribution in [0.2, 0.25) is 0 Å². The lowest BCUT2D eigenvalue weighted by molar-refractivity contribution is -0.144. The van der Waals surface area contributed by atoms with E-state index in [0.29, 0.717) is 23.1 Å². The number of carboxylic acid groups (broad SMARTS) is 1. The number of carbonyl (C=O) groups excluding carboxylic acids is 1. The van der Waals surface area contributed by atoms with Gasteiger partial charge in [0.1, 0.15) is 17.4 Å². The van der Waals surface area contributed by atoms with Crippen molar-refractivity contribution in [3.8, 4) is 5.75 Å². The predicted molar refractivity (Wildman–Crippen MR) is 106 cm³/mol. The fourth-order valence-electron chi connectivity index (χ4n) is 3.06. The van der Waals surface area contributed by atoms with Crippen LogP contribution in [0.1, 0.15) is 45.2 Å². The van der Waals surface area contributed by atoms with Gasteiger partial charge in [0, 0.05) is 6.07 Å². The van der Waals surface area contributed by atoms with Crippen LogP contribution in [0.25, 0.3) is 11.0 Å². The first-order chi connectivity index (χ1) is 13.1. The van der Waals surface area contributed by atoms with E-state index in [1.54, 1.807) is 32.9 Å². The molecule has 7 heteroatoms. The SMILES string of the molecule is CCCc1cc(=O)oc2cc(C)cc(O[C@H](C)C(=O)N[C@H](C(=O)O)C(C)C)c12. The van der Waals surface area contributed by atoms with Gasteiger partial charge in [-0.25, -0.2) is 9.59 Å². The van der Waals surface area contributed by atoms with Crippen molar-refractivity contribution in [1.29, 1.82) is 0 Å². The maximum atomic E-state index is 12.5. The molecule has 0 aliphatic carbocycles. The van der Waals surface area contributed by atoms with Crippen molar-refractivity contribution < 1.29 is 23.8 Å². The highest BCUT2D eigenvalue weighted by Gasteiger charge is 2.27. The molecule has 0 fully saturated rings. The van der Waals surface area contributed by atoms with Gasteiger partial charge >= 0.3 is 11.6 Å². The van der Waals surface area contributed by atoms with Gasteiger partial charge in [-0.1, -0.05) is 27.2 Å². The van der Waals surface area contributed by atoms with E-state index < -0.39 is 29.6 Å². The zero-order valence-electron chi connectivity index (χ0n) is 16.9. The van der Waals surface area contributed by atoms with Gasteiger partial charge in [-0.3, -0.25) is 4.79 Å². The van der Waals surface area contributed by atoms with Gasteiger partial charge in [0.2, 0.25) is 0 Å². The molecule has 0 spiro atoms. The molecule has 2 N–H and O–H groups in total. The average Bonchev–Trinajstić information content (AvgIpc) is 2.57. The molecule has 1 aromatic heterocycles. The van der Waals surface area contributed by atoms with E-state index in [-0.39, 0.29) is 5.92 Å². The first kappa shape index (κ1) is 21.5. The van der Waals surface area contributed by atoms with Gasteiger partial charge in [0.15, 0.2) is 6.10 Å². The lowest BCUT2D eigenvalue weighted by Gasteiger charge is -2.22. The van der Waals surface area contributed by atoms with Crippen LogP contribution in [0.4, 0.5) is 0 Å². The summed E-state index contributed by atoms with van der Waals surface area (Å²) < 4.78 is 11.2. The second-order valence-corrected chi connectivity index (χ2v) is 7.31. The Balaban J connectivity index is 2.38. The van der Waals surface area contributed by atoms with Crippen molar-refractivity contribution >= 4 is 22.8 Å². The van der Waals surface area contributed by atoms with Crippen molar-refractivity contribution in [2.24, 2.45) is 5.92 Å². The number of hydrogen-bond donors (Lipinski definition) is 2. The lowest BCUT2D eigenvalue weighted by Crippen LogP contribution is -2.48. The molecule has 0 aliphatic rings. The number of rotatable bonds is 8. The third-order valence-electron chi connectivity index (χ3n) is 4.46. The summed E-state index contributed by atoms with van der Waals surface area (Å²) in [5.41, 5.74) is 1.59. The van der Waals surface area contributed by atoms with Crippen LogP contribution >= 0.6 is 0 Å². The van der Waals surface area contributed by atoms with E-state index in [0.717, 1.165) is 17.5 Å². The topological polar surface area (TPSA) is 106 Å². The zero-order chi connectivity index (χ0) is 21.0. The summed E-state index contributed by atoms with van der Waals surface area (Å²) in [4.78, 5) is 35.7. The highest BCUT2D eigenvalue weighted by molar-refractivity contribution is 5.89. The molecular formula is C21H27NO6. The van der Waals surface area contributed by atoms with Crippen molar-refractivity contribution in [1.82, 2.24) is 5.32 Å². The minimum absolute atomic E-state index is 0.265. The smallest absolute Gasteiger partial charge is 0.336 e. The van der Waals surface area contributed by atoms with Gasteiger partial charge < -0.3 is 19.6 Å². The molecule has 1 heterocycles. The Morgan fingerprint density at radius 1 is 1.21 bits per heavy atom. The fourth-order valence-corrected chi connectivity index (χ4v) is 3.06. The molecule has 0 unspecified atom stereocenters. The number of benzene rings is 1. The zero-order valence-corrected chi connectivity index (χ0v) is 16.9. The molecule has 1 amide bonds. The second-order valence-electron chi connectivity index (χ2n) is 7.31. The maximum absolute atomic E-state index is 12.5. The summed E-state index contributed by atoms with van der Waals surface area (Å²) in [6, 6.07) is 3.98. The van der Waals surface area contributed by atoms with E-state index in [1.807, 2.05) is 13.8 Å². The molecule has 0 radical (unpaired) electrons. The molecule has 1 aromatic carbocycles. The van der Waals surface area contributed by atoms with Crippen molar-refractivity contribution in [3.63, 3.8) is 0 Å². The van der Waals surface area contributed by atoms with Crippen LogP contribution in [-0.2, 0) is 16.0 Å². The molecular weight excluding hydrogens is 362 g/mol. The number of hydrogen-bond acceptors (Lipinski definition) is 5. The maximum Gasteiger partial charge on any atom is 0.336 e. The number of amides is 1. The predicted octanol–water partition coefficient (Wildman–Crippen LogP) is 3.05. The lowest BCUT2D eigenvalue weighted by atomic mass is 10.0. The van der Waals surface area contributed by atoms with Crippen LogP contribution in [0.3, 0.4) is 0 Å². The molecule has 0 saturated heterocycles. The van der Waals surface area contributed by atoms with E-state index in [1.165, 1.54) is 6.07 Å². The van der Waals surface area contributed by atoms with E-state index in [4.69, 9.17) is 9.15 Å². The number of carbonyl (C=O) groups is 2.